The maximum absolute atomic E-state index is 12.7. The fourth-order valence-corrected chi connectivity index (χ4v) is 5.97. The van der Waals surface area contributed by atoms with Crippen molar-refractivity contribution in [2.24, 2.45) is 0 Å². The lowest BCUT2D eigenvalue weighted by molar-refractivity contribution is -0.384. The van der Waals surface area contributed by atoms with E-state index in [-0.39, 0.29) is 15.6 Å². The summed E-state index contributed by atoms with van der Waals surface area (Å²) in [5, 5.41) is 9.41. The Morgan fingerprint density at radius 2 is 1.72 bits per heavy atom. The van der Waals surface area contributed by atoms with Crippen molar-refractivity contribution in [3.05, 3.63) is 94.4 Å². The Hall–Kier alpha value is -3.41. The van der Waals surface area contributed by atoms with Crippen molar-refractivity contribution in [1.29, 1.82) is 0 Å². The largest absolute Gasteiger partial charge is 0.309 e. The van der Waals surface area contributed by atoms with Crippen LogP contribution in [0.4, 0.5) is 5.69 Å². The monoisotopic (exact) mass is 483 g/mol. The van der Waals surface area contributed by atoms with E-state index < -0.39 is 19.9 Å². The van der Waals surface area contributed by atoms with Crippen LogP contribution in [-0.2, 0) is 9.84 Å². The van der Waals surface area contributed by atoms with Gasteiger partial charge in [0.1, 0.15) is 0 Å². The van der Waals surface area contributed by atoms with Gasteiger partial charge in [0, 0.05) is 46.1 Å². The van der Waals surface area contributed by atoms with E-state index in [2.05, 4.69) is 9.97 Å². The van der Waals surface area contributed by atoms with Crippen molar-refractivity contribution in [3.8, 4) is 10.4 Å². The van der Waals surface area contributed by atoms with Crippen LogP contribution in [0.1, 0.15) is 9.80 Å². The number of rotatable bonds is 6. The molecule has 0 aliphatic carbocycles. The van der Waals surface area contributed by atoms with Crippen LogP contribution >= 0.6 is 23.1 Å². The highest BCUT2D eigenvalue weighted by atomic mass is 32.2. The van der Waals surface area contributed by atoms with E-state index in [0.29, 0.717) is 4.88 Å². The van der Waals surface area contributed by atoms with Crippen molar-refractivity contribution in [1.82, 2.24) is 9.97 Å². The lowest BCUT2D eigenvalue weighted by Crippen LogP contribution is -2.15. The fraction of sp³-hybridized carbons (Fsp3) is 0. The summed E-state index contributed by atoms with van der Waals surface area (Å²) in [6, 6.07) is 15.7. The van der Waals surface area contributed by atoms with Gasteiger partial charge in [-0.1, -0.05) is 30.0 Å². The topological polar surface area (TPSA) is 120 Å². The van der Waals surface area contributed by atoms with Gasteiger partial charge >= 0.3 is 5.12 Å². The molecule has 2 heterocycles. The number of carbonyl (C=O) groups excluding carboxylic acids is 1. The molecule has 2 aromatic heterocycles. The molecular formula is C21H13N3O5S3. The fourth-order valence-electron chi connectivity index (χ4n) is 2.73. The average molecular weight is 484 g/mol. The molecular weight excluding hydrogens is 470 g/mol. The molecule has 0 radical (unpaired) electrons. The summed E-state index contributed by atoms with van der Waals surface area (Å²) < 4.78 is 25.4. The van der Waals surface area contributed by atoms with Gasteiger partial charge in [0.2, 0.25) is 9.84 Å². The van der Waals surface area contributed by atoms with Crippen LogP contribution in [0.2, 0.25) is 0 Å². The number of carbonyl (C=O) groups is 1. The molecule has 4 aromatic rings. The molecule has 0 N–H and O–H groups in total. The molecule has 32 heavy (non-hydrogen) atoms. The Morgan fingerprint density at radius 3 is 2.41 bits per heavy atom. The smallest absolute Gasteiger partial charge is 0.273 e. The minimum atomic E-state index is -4.40. The maximum Gasteiger partial charge on any atom is 0.309 e. The van der Waals surface area contributed by atoms with Crippen molar-refractivity contribution >= 4 is 43.7 Å². The molecule has 0 saturated heterocycles. The Kier molecular flexibility index (Phi) is 6.12. The van der Waals surface area contributed by atoms with Gasteiger partial charge in [-0.2, -0.15) is 0 Å². The molecule has 4 rings (SSSR count). The molecule has 0 saturated carbocycles. The Labute approximate surface area is 191 Å². The predicted octanol–water partition coefficient (Wildman–Crippen LogP) is 4.88. The number of aromatic nitrogens is 2. The summed E-state index contributed by atoms with van der Waals surface area (Å²) in [7, 11) is -4.40. The van der Waals surface area contributed by atoms with Crippen LogP contribution in [0, 0.1) is 10.1 Å². The number of nitro benzene ring substituents is 1. The standard InChI is InChI=1S/C21H13N3O5S3/c25-21(32(28,29)16-8-6-14(7-9-16)24(26)27)20-23-13-19(31-20)17-12-22-11-10-18(17)30-15-4-2-1-3-5-15/h1-13H. The van der Waals surface area contributed by atoms with Crippen LogP contribution in [0.15, 0.2) is 93.9 Å². The summed E-state index contributed by atoms with van der Waals surface area (Å²) >= 11 is 2.46. The number of hydrogen-bond donors (Lipinski definition) is 0. The van der Waals surface area contributed by atoms with E-state index in [4.69, 9.17) is 0 Å². The molecule has 0 aliphatic rings. The van der Waals surface area contributed by atoms with E-state index in [0.717, 1.165) is 51.0 Å². The number of sulfone groups is 1. The summed E-state index contributed by atoms with van der Waals surface area (Å²) in [5.74, 6) is 0. The first-order valence-electron chi connectivity index (χ1n) is 9.03. The molecule has 0 fully saturated rings. The normalized spacial score (nSPS) is 11.2. The molecule has 0 spiro atoms. The highest BCUT2D eigenvalue weighted by molar-refractivity contribution is 8.07. The van der Waals surface area contributed by atoms with Gasteiger partial charge < -0.3 is 0 Å². The second-order valence-electron chi connectivity index (χ2n) is 6.36. The zero-order chi connectivity index (χ0) is 22.7. The number of pyridine rings is 1. The van der Waals surface area contributed by atoms with E-state index >= 15 is 0 Å². The number of nitrogens with zero attached hydrogens (tertiary/aromatic N) is 3. The third kappa shape index (κ3) is 4.44. The Morgan fingerprint density at radius 1 is 1.00 bits per heavy atom. The second-order valence-corrected chi connectivity index (χ2v) is 10.4. The summed E-state index contributed by atoms with van der Waals surface area (Å²) in [4.78, 5) is 33.2. The maximum atomic E-state index is 12.7. The molecule has 0 atom stereocenters. The molecule has 2 aromatic carbocycles. The number of thiazole rings is 1. The highest BCUT2D eigenvalue weighted by Gasteiger charge is 2.30. The van der Waals surface area contributed by atoms with E-state index in [9.17, 15) is 23.3 Å². The third-order valence-corrected chi connectivity index (χ3v) is 8.12. The van der Waals surface area contributed by atoms with E-state index in [1.54, 1.807) is 12.4 Å². The van der Waals surface area contributed by atoms with Crippen LogP contribution in [0.3, 0.4) is 0 Å². The van der Waals surface area contributed by atoms with Crippen LogP contribution in [-0.4, -0.2) is 28.4 Å². The first-order chi connectivity index (χ1) is 15.4. The molecule has 0 bridgehead atoms. The number of benzene rings is 2. The average Bonchev–Trinajstić information content (AvgIpc) is 3.29. The molecule has 11 heteroatoms. The van der Waals surface area contributed by atoms with Crippen molar-refractivity contribution in [2.75, 3.05) is 0 Å². The molecule has 8 nitrogen and oxygen atoms in total. The summed E-state index contributed by atoms with van der Waals surface area (Å²) in [6.07, 6.45) is 4.73. The minimum absolute atomic E-state index is 0.196. The zero-order valence-electron chi connectivity index (χ0n) is 16.1. The molecule has 0 amide bonds. The van der Waals surface area contributed by atoms with Crippen molar-refractivity contribution in [3.63, 3.8) is 0 Å². The molecule has 0 aliphatic heterocycles. The van der Waals surface area contributed by atoms with Crippen molar-refractivity contribution < 1.29 is 18.1 Å². The van der Waals surface area contributed by atoms with Crippen LogP contribution in [0.25, 0.3) is 10.4 Å². The predicted molar refractivity (Wildman–Crippen MR) is 121 cm³/mol. The number of nitro groups is 1. The lowest BCUT2D eigenvalue weighted by atomic mass is 10.2. The van der Waals surface area contributed by atoms with Gasteiger partial charge in [-0.05, 0) is 30.3 Å². The van der Waals surface area contributed by atoms with Crippen LogP contribution in [0.5, 0.6) is 0 Å². The number of hydrogen-bond acceptors (Lipinski definition) is 9. The van der Waals surface area contributed by atoms with E-state index in [1.807, 2.05) is 36.4 Å². The van der Waals surface area contributed by atoms with Gasteiger partial charge in [-0.15, -0.1) is 11.3 Å². The van der Waals surface area contributed by atoms with Gasteiger partial charge in [0.05, 0.1) is 14.7 Å². The van der Waals surface area contributed by atoms with Gasteiger partial charge in [0.25, 0.3) is 5.69 Å². The summed E-state index contributed by atoms with van der Waals surface area (Å²) in [6.45, 7) is 0. The SMILES string of the molecule is O=C(c1ncc(-c2cnccc2Sc2ccccc2)s1)S(=O)(=O)c1ccc([N+](=O)[O-])cc1. The van der Waals surface area contributed by atoms with Gasteiger partial charge in [0.15, 0.2) is 5.01 Å². The summed E-state index contributed by atoms with van der Waals surface area (Å²) in [5.41, 5.74) is 0.457. The minimum Gasteiger partial charge on any atom is -0.273 e. The third-order valence-electron chi connectivity index (χ3n) is 4.30. The Bertz CT molecular complexity index is 1400. The highest BCUT2D eigenvalue weighted by Crippen LogP contribution is 2.38. The first kappa shape index (κ1) is 21.8. The number of non-ortho nitro benzene ring substituents is 1. The molecule has 0 unspecified atom stereocenters. The first-order valence-corrected chi connectivity index (χ1v) is 12.1. The van der Waals surface area contributed by atoms with E-state index in [1.165, 1.54) is 18.0 Å². The van der Waals surface area contributed by atoms with Crippen molar-refractivity contribution in [2.45, 2.75) is 14.7 Å². The second kappa shape index (κ2) is 8.99. The Balaban J connectivity index is 1.63. The van der Waals surface area contributed by atoms with Crippen LogP contribution < -0.4 is 0 Å². The zero-order valence-corrected chi connectivity index (χ0v) is 18.6. The molecule has 160 valence electrons. The lowest BCUT2D eigenvalue weighted by Gasteiger charge is -2.06. The quantitative estimate of drug-likeness (QED) is 0.281. The van der Waals surface area contributed by atoms with Gasteiger partial charge in [-0.25, -0.2) is 13.4 Å². The van der Waals surface area contributed by atoms with Gasteiger partial charge in [-0.3, -0.25) is 19.9 Å².